The van der Waals surface area contributed by atoms with Gasteiger partial charge >= 0.3 is 18.9 Å². The third-order valence-corrected chi connectivity index (χ3v) is 1.34. The van der Waals surface area contributed by atoms with Gasteiger partial charge in [-0.25, -0.2) is 0 Å². The molecule has 0 aliphatic rings. The number of benzene rings is 1. The van der Waals surface area contributed by atoms with Crippen molar-refractivity contribution in [2.75, 3.05) is 7.11 Å². The summed E-state index contributed by atoms with van der Waals surface area (Å²) in [5.41, 5.74) is 2.34. The van der Waals surface area contributed by atoms with E-state index in [0.29, 0.717) is 0 Å². The normalized spacial score (nSPS) is 8.64. The van der Waals surface area contributed by atoms with E-state index in [1.807, 2.05) is 19.9 Å². The second-order valence-electron chi connectivity index (χ2n) is 2.41. The Morgan fingerprint density at radius 1 is 1.27 bits per heavy atom. The quantitative estimate of drug-likeness (QED) is 0.365. The second kappa shape index (κ2) is 4.49. The molecule has 0 aromatic heterocycles. The standard InChI is InChI=1S/C9H11O.Li/c1-7-4-8(2)6-9(5-7)10-3;/h4-5H,1-3H3;/q-1;+1. The summed E-state index contributed by atoms with van der Waals surface area (Å²) in [5, 5.41) is 0. The van der Waals surface area contributed by atoms with Gasteiger partial charge in [0.25, 0.3) is 0 Å². The largest absolute Gasteiger partial charge is 1.00 e. The third kappa shape index (κ3) is 3.01. The topological polar surface area (TPSA) is 9.23 Å². The van der Waals surface area contributed by atoms with Crippen molar-refractivity contribution < 1.29 is 23.6 Å². The van der Waals surface area contributed by atoms with Crippen LogP contribution in [0.4, 0.5) is 0 Å². The molecule has 0 fully saturated rings. The molecule has 0 atom stereocenters. The third-order valence-electron chi connectivity index (χ3n) is 1.34. The molecular formula is C9H11LiO. The van der Waals surface area contributed by atoms with Crippen molar-refractivity contribution in [1.82, 2.24) is 0 Å². The van der Waals surface area contributed by atoms with E-state index in [-0.39, 0.29) is 18.9 Å². The van der Waals surface area contributed by atoms with Crippen LogP contribution in [0.3, 0.4) is 0 Å². The zero-order chi connectivity index (χ0) is 7.56. The zero-order valence-corrected chi connectivity index (χ0v) is 7.56. The molecule has 0 spiro atoms. The smallest absolute Gasteiger partial charge is 0.523 e. The number of hydrogen-bond acceptors (Lipinski definition) is 1. The number of hydrogen-bond donors (Lipinski definition) is 0. The van der Waals surface area contributed by atoms with Gasteiger partial charge in [0, 0.05) is 5.75 Å². The minimum absolute atomic E-state index is 0. The molecule has 0 heterocycles. The summed E-state index contributed by atoms with van der Waals surface area (Å²) < 4.78 is 5.02. The average Bonchev–Trinajstić information content (AvgIpc) is 1.85. The fraction of sp³-hybridized carbons (Fsp3) is 0.333. The molecule has 1 rings (SSSR count). The molecule has 1 aromatic rings. The Balaban J connectivity index is 0.000001000. The molecule has 0 N–H and O–H groups in total. The van der Waals surface area contributed by atoms with Crippen LogP contribution in [0.2, 0.25) is 0 Å². The molecule has 0 aliphatic heterocycles. The Bertz CT molecular complexity index is 213. The van der Waals surface area contributed by atoms with Crippen LogP contribution in [-0.4, -0.2) is 7.11 Å². The van der Waals surface area contributed by atoms with E-state index in [1.165, 1.54) is 5.56 Å². The van der Waals surface area contributed by atoms with E-state index >= 15 is 0 Å². The Hall–Kier alpha value is -0.383. The maximum absolute atomic E-state index is 5.02. The summed E-state index contributed by atoms with van der Waals surface area (Å²) >= 11 is 0. The van der Waals surface area contributed by atoms with E-state index < -0.39 is 0 Å². The van der Waals surface area contributed by atoms with Gasteiger partial charge in [-0.1, -0.05) is 13.8 Å². The van der Waals surface area contributed by atoms with Gasteiger partial charge in [0.05, 0.1) is 7.11 Å². The predicted molar refractivity (Wildman–Crippen MR) is 41.3 cm³/mol. The van der Waals surface area contributed by atoms with E-state index in [4.69, 9.17) is 4.74 Å². The van der Waals surface area contributed by atoms with Crippen LogP contribution in [-0.2, 0) is 0 Å². The molecule has 2 heteroatoms. The van der Waals surface area contributed by atoms with Gasteiger partial charge in [-0.3, -0.25) is 0 Å². The summed E-state index contributed by atoms with van der Waals surface area (Å²) in [7, 11) is 1.66. The number of methoxy groups -OCH3 is 1. The molecular weight excluding hydrogens is 131 g/mol. The fourth-order valence-corrected chi connectivity index (χ4v) is 0.966. The number of ether oxygens (including phenoxy) is 1. The van der Waals surface area contributed by atoms with Crippen molar-refractivity contribution in [3.05, 3.63) is 29.3 Å². The summed E-state index contributed by atoms with van der Waals surface area (Å²) in [5.74, 6) is 0.817. The van der Waals surface area contributed by atoms with Gasteiger partial charge in [-0.05, 0) is 0 Å². The SMILES string of the molecule is COc1[c-]c(C)cc(C)c1.[Li+]. The fourth-order valence-electron chi connectivity index (χ4n) is 0.966. The maximum atomic E-state index is 5.02. The van der Waals surface area contributed by atoms with Crippen molar-refractivity contribution in [1.29, 1.82) is 0 Å². The predicted octanol–water partition coefficient (Wildman–Crippen LogP) is -0.884. The van der Waals surface area contributed by atoms with Gasteiger partial charge in [-0.15, -0.1) is 12.1 Å². The monoisotopic (exact) mass is 142 g/mol. The van der Waals surface area contributed by atoms with E-state index in [9.17, 15) is 0 Å². The molecule has 0 radical (unpaired) electrons. The van der Waals surface area contributed by atoms with Crippen LogP contribution in [0.15, 0.2) is 12.1 Å². The van der Waals surface area contributed by atoms with Crippen LogP contribution < -0.4 is 23.6 Å². The van der Waals surface area contributed by atoms with E-state index in [1.54, 1.807) is 7.11 Å². The Morgan fingerprint density at radius 2 is 1.91 bits per heavy atom. The molecule has 0 unspecified atom stereocenters. The Morgan fingerprint density at radius 3 is 2.36 bits per heavy atom. The zero-order valence-electron chi connectivity index (χ0n) is 7.56. The Kier molecular flexibility index (Phi) is 4.33. The Labute approximate surface area is 79.9 Å². The van der Waals surface area contributed by atoms with Gasteiger partial charge < -0.3 is 4.74 Å². The molecule has 0 bridgehead atoms. The minimum atomic E-state index is 0. The van der Waals surface area contributed by atoms with Gasteiger partial charge in [-0.2, -0.15) is 17.2 Å². The van der Waals surface area contributed by atoms with Crippen molar-refractivity contribution in [2.24, 2.45) is 0 Å². The molecule has 0 aliphatic carbocycles. The second-order valence-corrected chi connectivity index (χ2v) is 2.41. The molecule has 11 heavy (non-hydrogen) atoms. The average molecular weight is 142 g/mol. The van der Waals surface area contributed by atoms with Gasteiger partial charge in [0.2, 0.25) is 0 Å². The van der Waals surface area contributed by atoms with Gasteiger partial charge in [0.15, 0.2) is 0 Å². The van der Waals surface area contributed by atoms with Crippen LogP contribution >= 0.6 is 0 Å². The van der Waals surface area contributed by atoms with E-state index in [2.05, 4.69) is 12.1 Å². The summed E-state index contributed by atoms with van der Waals surface area (Å²) in [6, 6.07) is 7.11. The van der Waals surface area contributed by atoms with Crippen molar-refractivity contribution in [3.8, 4) is 5.75 Å². The first-order valence-corrected chi connectivity index (χ1v) is 3.27. The maximum Gasteiger partial charge on any atom is 1.00 e. The van der Waals surface area contributed by atoms with Gasteiger partial charge in [0.1, 0.15) is 0 Å². The van der Waals surface area contributed by atoms with Crippen molar-refractivity contribution in [3.63, 3.8) is 0 Å². The van der Waals surface area contributed by atoms with Crippen LogP contribution in [0.5, 0.6) is 5.75 Å². The van der Waals surface area contributed by atoms with Crippen LogP contribution in [0.25, 0.3) is 0 Å². The number of aryl methyl sites for hydroxylation is 2. The van der Waals surface area contributed by atoms with Crippen molar-refractivity contribution >= 4 is 0 Å². The first-order valence-electron chi connectivity index (χ1n) is 3.27. The first-order chi connectivity index (χ1) is 4.72. The molecule has 0 saturated carbocycles. The molecule has 0 saturated heterocycles. The molecule has 1 nitrogen and oxygen atoms in total. The van der Waals surface area contributed by atoms with Crippen molar-refractivity contribution in [2.45, 2.75) is 13.8 Å². The van der Waals surface area contributed by atoms with Crippen LogP contribution in [0.1, 0.15) is 11.1 Å². The molecule has 0 amide bonds. The minimum Gasteiger partial charge on any atom is -0.523 e. The first kappa shape index (κ1) is 10.6. The summed E-state index contributed by atoms with van der Waals surface area (Å²) in [6.45, 7) is 4.05. The summed E-state index contributed by atoms with van der Waals surface area (Å²) in [6.07, 6.45) is 0. The van der Waals surface area contributed by atoms with Crippen LogP contribution in [0, 0.1) is 19.9 Å². The number of rotatable bonds is 1. The molecule has 54 valence electrons. The van der Waals surface area contributed by atoms with E-state index in [0.717, 1.165) is 11.3 Å². The summed E-state index contributed by atoms with van der Waals surface area (Å²) in [4.78, 5) is 0. The molecule has 1 aromatic carbocycles.